The summed E-state index contributed by atoms with van der Waals surface area (Å²) in [5.74, 6) is -0.136. The molecule has 212 valence electrons. The summed E-state index contributed by atoms with van der Waals surface area (Å²) in [6.07, 6.45) is 4.07. The fourth-order valence-electron chi connectivity index (χ4n) is 5.72. The van der Waals surface area contributed by atoms with Gasteiger partial charge in [-0.2, -0.15) is 0 Å². The molecule has 0 spiro atoms. The summed E-state index contributed by atoms with van der Waals surface area (Å²) in [5.41, 5.74) is 4.88. The van der Waals surface area contributed by atoms with Gasteiger partial charge in [0.15, 0.2) is 0 Å². The van der Waals surface area contributed by atoms with Gasteiger partial charge in [0.05, 0.1) is 12.5 Å². The number of carbonyl (C=O) groups excluding carboxylic acids is 2. The maximum Gasteiger partial charge on any atom is 0.306 e. The van der Waals surface area contributed by atoms with Crippen molar-refractivity contribution in [2.45, 2.75) is 77.4 Å². The van der Waals surface area contributed by atoms with Crippen LogP contribution in [0.2, 0.25) is 0 Å². The Hall–Kier alpha value is -3.44. The first-order valence-corrected chi connectivity index (χ1v) is 14.7. The number of amides is 1. The van der Waals surface area contributed by atoms with Crippen LogP contribution in [0.1, 0.15) is 74.4 Å². The van der Waals surface area contributed by atoms with Gasteiger partial charge in [-0.05, 0) is 75.8 Å². The fourth-order valence-corrected chi connectivity index (χ4v) is 5.72. The number of carbonyl (C=O) groups is 2. The number of ether oxygens (including phenoxy) is 1. The van der Waals surface area contributed by atoms with Crippen LogP contribution >= 0.6 is 0 Å². The average molecular weight is 541 g/mol. The first kappa shape index (κ1) is 29.5. The predicted molar refractivity (Wildman–Crippen MR) is 162 cm³/mol. The number of esters is 1. The molecule has 0 aromatic heterocycles. The zero-order chi connectivity index (χ0) is 28.5. The van der Waals surface area contributed by atoms with Crippen molar-refractivity contribution in [3.8, 4) is 11.1 Å². The monoisotopic (exact) mass is 540 g/mol. The van der Waals surface area contributed by atoms with Crippen LogP contribution in [0, 0.1) is 6.92 Å². The molecule has 4 rings (SSSR count). The lowest BCUT2D eigenvalue weighted by molar-refractivity contribution is -0.148. The van der Waals surface area contributed by atoms with E-state index in [0.29, 0.717) is 6.42 Å². The number of nitrogens with zero attached hydrogens (tertiary/aromatic N) is 1. The van der Waals surface area contributed by atoms with Gasteiger partial charge in [-0.1, -0.05) is 85.3 Å². The molecule has 1 atom stereocenters. The predicted octanol–water partition coefficient (Wildman–Crippen LogP) is 6.94. The average Bonchev–Trinajstić information content (AvgIpc) is 2.94. The molecule has 1 aliphatic rings. The maximum absolute atomic E-state index is 13.3. The van der Waals surface area contributed by atoms with Crippen LogP contribution in [0.4, 0.5) is 0 Å². The lowest BCUT2D eigenvalue weighted by Gasteiger charge is -2.34. The maximum atomic E-state index is 13.3. The molecular weight excluding hydrogens is 496 g/mol. The Kier molecular flexibility index (Phi) is 10.2. The summed E-state index contributed by atoms with van der Waals surface area (Å²) in [7, 11) is 0. The van der Waals surface area contributed by atoms with Crippen molar-refractivity contribution in [1.82, 2.24) is 10.2 Å². The Bertz CT molecular complexity index is 1250. The van der Waals surface area contributed by atoms with E-state index in [1.807, 2.05) is 56.3 Å². The molecule has 1 unspecified atom stereocenters. The summed E-state index contributed by atoms with van der Waals surface area (Å²) in [6.45, 7) is 10.9. The third-order valence-corrected chi connectivity index (χ3v) is 8.03. The van der Waals surface area contributed by atoms with E-state index in [9.17, 15) is 9.59 Å². The van der Waals surface area contributed by atoms with Gasteiger partial charge in [0.2, 0.25) is 0 Å². The van der Waals surface area contributed by atoms with Crippen molar-refractivity contribution < 1.29 is 14.3 Å². The Labute approximate surface area is 239 Å². The van der Waals surface area contributed by atoms with Crippen LogP contribution in [-0.4, -0.2) is 48.6 Å². The van der Waals surface area contributed by atoms with E-state index >= 15 is 0 Å². The Morgan fingerprint density at radius 1 is 0.950 bits per heavy atom. The van der Waals surface area contributed by atoms with Crippen molar-refractivity contribution in [3.05, 3.63) is 95.6 Å². The summed E-state index contributed by atoms with van der Waals surface area (Å²) in [4.78, 5) is 28.3. The highest BCUT2D eigenvalue weighted by molar-refractivity contribution is 6.01. The standard InChI is InChI=1S/C35H44N2O3/c1-26(2)40-33(38)25-35(4,29-11-6-5-7-12-29)21-10-22-37-23-19-30(20-24-37)36-34(39)32-14-9-8-13-31(32)28-17-15-27(3)16-18-28/h5-9,11-18,26,30H,10,19-25H2,1-4H3,(H,36,39). The molecule has 1 heterocycles. The fraction of sp³-hybridized carbons (Fsp3) is 0.429. The second-order valence-electron chi connectivity index (χ2n) is 11.7. The van der Waals surface area contributed by atoms with Crippen LogP contribution in [0.5, 0.6) is 0 Å². The SMILES string of the molecule is Cc1ccc(-c2ccccc2C(=O)NC2CCN(CCCC(C)(CC(=O)OC(C)C)c3ccccc3)CC2)cc1. The van der Waals surface area contributed by atoms with Crippen molar-refractivity contribution >= 4 is 11.9 Å². The van der Waals surface area contributed by atoms with Crippen LogP contribution in [0.25, 0.3) is 11.1 Å². The molecule has 5 nitrogen and oxygen atoms in total. The second-order valence-corrected chi connectivity index (χ2v) is 11.7. The smallest absolute Gasteiger partial charge is 0.306 e. The number of likely N-dealkylation sites (tertiary alicyclic amines) is 1. The number of aryl methyl sites for hydroxylation is 1. The van der Waals surface area contributed by atoms with Gasteiger partial charge in [0, 0.05) is 30.1 Å². The van der Waals surface area contributed by atoms with E-state index in [1.165, 1.54) is 11.1 Å². The molecule has 3 aromatic rings. The molecule has 0 aliphatic carbocycles. The summed E-state index contributed by atoms with van der Waals surface area (Å²) in [5, 5.41) is 3.30. The largest absolute Gasteiger partial charge is 0.463 e. The lowest BCUT2D eigenvalue weighted by Crippen LogP contribution is -2.45. The number of nitrogens with one attached hydrogen (secondary N) is 1. The second kappa shape index (κ2) is 13.8. The molecular formula is C35H44N2O3. The molecule has 1 aliphatic heterocycles. The zero-order valence-electron chi connectivity index (χ0n) is 24.5. The van der Waals surface area contributed by atoms with E-state index in [2.05, 4.69) is 60.5 Å². The van der Waals surface area contributed by atoms with Crippen LogP contribution in [0.15, 0.2) is 78.9 Å². The van der Waals surface area contributed by atoms with E-state index in [4.69, 9.17) is 4.74 Å². The highest BCUT2D eigenvalue weighted by atomic mass is 16.5. The number of hydrogen-bond donors (Lipinski definition) is 1. The number of hydrogen-bond acceptors (Lipinski definition) is 4. The van der Waals surface area contributed by atoms with Crippen molar-refractivity contribution in [2.75, 3.05) is 19.6 Å². The molecule has 1 fully saturated rings. The molecule has 1 amide bonds. The van der Waals surface area contributed by atoms with Gasteiger partial charge in [-0.25, -0.2) is 0 Å². The number of rotatable bonds is 11. The normalized spacial score (nSPS) is 15.9. The minimum atomic E-state index is -0.260. The highest BCUT2D eigenvalue weighted by Crippen LogP contribution is 2.33. The van der Waals surface area contributed by atoms with Gasteiger partial charge >= 0.3 is 5.97 Å². The van der Waals surface area contributed by atoms with E-state index in [0.717, 1.165) is 62.0 Å². The van der Waals surface area contributed by atoms with Gasteiger partial charge in [0.25, 0.3) is 5.91 Å². The minimum Gasteiger partial charge on any atom is -0.463 e. The first-order chi connectivity index (χ1) is 19.2. The van der Waals surface area contributed by atoms with Gasteiger partial charge in [0.1, 0.15) is 0 Å². The lowest BCUT2D eigenvalue weighted by atomic mass is 9.76. The third kappa shape index (κ3) is 8.04. The van der Waals surface area contributed by atoms with Crippen LogP contribution in [0.3, 0.4) is 0 Å². The molecule has 5 heteroatoms. The summed E-state index contributed by atoms with van der Waals surface area (Å²) < 4.78 is 5.49. The van der Waals surface area contributed by atoms with Crippen molar-refractivity contribution in [2.24, 2.45) is 0 Å². The number of piperidine rings is 1. The molecule has 1 saturated heterocycles. The molecule has 0 saturated carbocycles. The molecule has 1 N–H and O–H groups in total. The topological polar surface area (TPSA) is 58.6 Å². The zero-order valence-corrected chi connectivity index (χ0v) is 24.5. The van der Waals surface area contributed by atoms with Gasteiger partial charge in [-0.15, -0.1) is 0 Å². The molecule has 0 radical (unpaired) electrons. The van der Waals surface area contributed by atoms with E-state index in [1.54, 1.807) is 0 Å². The number of benzene rings is 3. The molecule has 40 heavy (non-hydrogen) atoms. The summed E-state index contributed by atoms with van der Waals surface area (Å²) >= 11 is 0. The van der Waals surface area contributed by atoms with E-state index < -0.39 is 0 Å². The Morgan fingerprint density at radius 2 is 1.60 bits per heavy atom. The summed E-state index contributed by atoms with van der Waals surface area (Å²) in [6, 6.07) is 26.7. The third-order valence-electron chi connectivity index (χ3n) is 8.03. The molecule has 0 bridgehead atoms. The van der Waals surface area contributed by atoms with Gasteiger partial charge in [-0.3, -0.25) is 9.59 Å². The van der Waals surface area contributed by atoms with Crippen LogP contribution in [-0.2, 0) is 14.9 Å². The first-order valence-electron chi connectivity index (χ1n) is 14.7. The quantitative estimate of drug-likeness (QED) is 0.268. The van der Waals surface area contributed by atoms with Crippen LogP contribution < -0.4 is 5.32 Å². The van der Waals surface area contributed by atoms with Crippen molar-refractivity contribution in [3.63, 3.8) is 0 Å². The highest BCUT2D eigenvalue weighted by Gasteiger charge is 2.31. The minimum absolute atomic E-state index is 0.00142. The van der Waals surface area contributed by atoms with Gasteiger partial charge < -0.3 is 15.0 Å². The van der Waals surface area contributed by atoms with E-state index in [-0.39, 0.29) is 29.4 Å². The molecule has 3 aromatic carbocycles. The van der Waals surface area contributed by atoms with Crippen molar-refractivity contribution in [1.29, 1.82) is 0 Å². The Morgan fingerprint density at radius 3 is 2.27 bits per heavy atom. The Balaban J connectivity index is 1.29.